The van der Waals surface area contributed by atoms with Gasteiger partial charge in [-0.05, 0) is 23.1 Å². The van der Waals surface area contributed by atoms with Crippen LogP contribution in [0.4, 0.5) is 5.69 Å². The van der Waals surface area contributed by atoms with Crippen molar-refractivity contribution in [1.82, 2.24) is 16.1 Å². The van der Waals surface area contributed by atoms with Crippen molar-refractivity contribution in [3.05, 3.63) is 76.2 Å². The first kappa shape index (κ1) is 31.2. The van der Waals surface area contributed by atoms with Gasteiger partial charge in [0.1, 0.15) is 6.04 Å². The number of nitrogens with two attached hydrogens (primary N) is 1. The Kier molecular flexibility index (Phi) is 15.3. The Hall–Kier alpha value is -4.00. The molecule has 0 radical (unpaired) electrons. The number of primary amides is 1. The summed E-state index contributed by atoms with van der Waals surface area (Å²) in [6.45, 7) is 2.16. The van der Waals surface area contributed by atoms with Crippen LogP contribution in [0.1, 0.15) is 24.0 Å². The number of nitrogens with one attached hydrogen (secondary N) is 3. The Morgan fingerprint density at radius 1 is 0.897 bits per heavy atom. The Balaban J connectivity index is 1.51. The summed E-state index contributed by atoms with van der Waals surface area (Å²) in [6, 6.07) is 15.5. The third-order valence-corrected chi connectivity index (χ3v) is 5.25. The highest BCUT2D eigenvalue weighted by atomic mass is 16.6. The predicted molar refractivity (Wildman–Crippen MR) is 143 cm³/mol. The molecule has 0 aliphatic rings. The van der Waals surface area contributed by atoms with Crippen molar-refractivity contribution in [2.24, 2.45) is 10.8 Å². The number of hydroxylamine groups is 1. The number of rotatable bonds is 20. The lowest BCUT2D eigenvalue weighted by molar-refractivity contribution is -0.129. The average Bonchev–Trinajstić information content (AvgIpc) is 2.93. The van der Waals surface area contributed by atoms with Crippen molar-refractivity contribution >= 4 is 23.4 Å². The Labute approximate surface area is 227 Å². The van der Waals surface area contributed by atoms with Crippen LogP contribution in [0.2, 0.25) is 0 Å². The molecule has 0 saturated heterocycles. The number of nitrogens with zero attached hydrogens (tertiary/aromatic N) is 3. The molecule has 1 unspecified atom stereocenters. The van der Waals surface area contributed by atoms with E-state index in [4.69, 9.17) is 25.6 Å². The zero-order chi connectivity index (χ0) is 28.1. The van der Waals surface area contributed by atoms with Gasteiger partial charge in [-0.3, -0.25) is 19.2 Å². The molecule has 13 heteroatoms. The summed E-state index contributed by atoms with van der Waals surface area (Å²) < 4.78 is 10.9. The van der Waals surface area contributed by atoms with Gasteiger partial charge in [-0.25, -0.2) is 0 Å². The van der Waals surface area contributed by atoms with Gasteiger partial charge in [-0.15, -0.1) is 0 Å². The van der Waals surface area contributed by atoms with Crippen molar-refractivity contribution in [1.29, 1.82) is 0 Å². The van der Waals surface area contributed by atoms with E-state index in [1.807, 2.05) is 30.3 Å². The summed E-state index contributed by atoms with van der Waals surface area (Å²) in [5.74, 6) is -0.971. The van der Waals surface area contributed by atoms with E-state index in [2.05, 4.69) is 26.1 Å². The van der Waals surface area contributed by atoms with Crippen molar-refractivity contribution in [3.63, 3.8) is 0 Å². The molecule has 0 bridgehead atoms. The number of ether oxygens (including phenoxy) is 2. The van der Waals surface area contributed by atoms with Gasteiger partial charge in [0.15, 0.2) is 0 Å². The van der Waals surface area contributed by atoms with Crippen molar-refractivity contribution in [3.8, 4) is 0 Å². The number of carbonyl (C=O) groups is 3. The monoisotopic (exact) mass is 541 g/mol. The zero-order valence-corrected chi connectivity index (χ0v) is 21.7. The Bertz CT molecular complexity index is 1060. The van der Waals surface area contributed by atoms with Crippen molar-refractivity contribution in [2.75, 3.05) is 39.5 Å². The molecule has 0 saturated carbocycles. The van der Waals surface area contributed by atoms with E-state index in [-0.39, 0.29) is 50.8 Å². The Morgan fingerprint density at radius 3 is 2.21 bits per heavy atom. The SMILES string of the molecule is [N-]=[N+]=Nc1ccc(CC(=O)NCCOCCOCCNC(=O)C(CCC(N)=O)NOCc2ccccc2)cc1. The maximum absolute atomic E-state index is 12.5. The van der Waals surface area contributed by atoms with Gasteiger partial charge in [0, 0.05) is 30.1 Å². The second-order valence-corrected chi connectivity index (χ2v) is 8.35. The summed E-state index contributed by atoms with van der Waals surface area (Å²) >= 11 is 0. The van der Waals surface area contributed by atoms with Crippen LogP contribution in [-0.2, 0) is 41.7 Å². The molecule has 13 nitrogen and oxygen atoms in total. The molecule has 0 spiro atoms. The van der Waals surface area contributed by atoms with Gasteiger partial charge in [-0.1, -0.05) is 59.7 Å². The van der Waals surface area contributed by atoms with Crippen LogP contribution in [-0.4, -0.2) is 63.3 Å². The zero-order valence-electron chi connectivity index (χ0n) is 21.7. The molecule has 3 amide bonds. The standard InChI is InChI=1S/C26H35N7O6/c27-24(34)11-10-23(32-39-19-21-4-2-1-3-5-21)26(36)30-13-15-38-17-16-37-14-12-29-25(35)18-20-6-8-22(9-7-20)31-33-28/h1-9,23,32H,10-19H2,(H2,27,34)(H,29,35)(H,30,36). The summed E-state index contributed by atoms with van der Waals surface area (Å²) in [7, 11) is 0. The predicted octanol–water partition coefficient (Wildman–Crippen LogP) is 1.79. The highest BCUT2D eigenvalue weighted by Gasteiger charge is 2.19. The number of carbonyl (C=O) groups excluding carboxylic acids is 3. The molecular weight excluding hydrogens is 506 g/mol. The van der Waals surface area contributed by atoms with Crippen LogP contribution >= 0.6 is 0 Å². The fourth-order valence-electron chi connectivity index (χ4n) is 3.26. The first-order chi connectivity index (χ1) is 19.0. The summed E-state index contributed by atoms with van der Waals surface area (Å²) in [4.78, 5) is 43.8. The van der Waals surface area contributed by atoms with E-state index in [1.54, 1.807) is 24.3 Å². The van der Waals surface area contributed by atoms with Crippen LogP contribution in [0.25, 0.3) is 10.4 Å². The Morgan fingerprint density at radius 2 is 1.56 bits per heavy atom. The molecule has 0 aromatic heterocycles. The van der Waals surface area contributed by atoms with Crippen LogP contribution in [0.15, 0.2) is 59.7 Å². The minimum absolute atomic E-state index is 0.0417. The third-order valence-electron chi connectivity index (χ3n) is 5.25. The quantitative estimate of drug-likeness (QED) is 0.0646. The molecule has 5 N–H and O–H groups in total. The van der Waals surface area contributed by atoms with E-state index >= 15 is 0 Å². The van der Waals surface area contributed by atoms with E-state index in [1.165, 1.54) is 0 Å². The van der Waals surface area contributed by atoms with Gasteiger partial charge in [-0.2, -0.15) is 5.48 Å². The number of benzene rings is 2. The lowest BCUT2D eigenvalue weighted by Gasteiger charge is -2.18. The third kappa shape index (κ3) is 14.5. The first-order valence-corrected chi connectivity index (χ1v) is 12.5. The van der Waals surface area contributed by atoms with Gasteiger partial charge >= 0.3 is 0 Å². The summed E-state index contributed by atoms with van der Waals surface area (Å²) in [5.41, 5.74) is 18.6. The van der Waals surface area contributed by atoms with E-state index in [0.717, 1.165) is 11.1 Å². The molecular formula is C26H35N7O6. The van der Waals surface area contributed by atoms with E-state index < -0.39 is 11.9 Å². The smallest absolute Gasteiger partial charge is 0.239 e. The van der Waals surface area contributed by atoms with Gasteiger partial charge in [0.2, 0.25) is 17.7 Å². The van der Waals surface area contributed by atoms with E-state index in [9.17, 15) is 14.4 Å². The summed E-state index contributed by atoms with van der Waals surface area (Å²) in [5, 5.41) is 8.99. The van der Waals surface area contributed by atoms with Gasteiger partial charge < -0.3 is 25.8 Å². The van der Waals surface area contributed by atoms with Crippen LogP contribution < -0.4 is 21.8 Å². The fourth-order valence-corrected chi connectivity index (χ4v) is 3.26. The lowest BCUT2D eigenvalue weighted by Crippen LogP contribution is -2.45. The first-order valence-electron chi connectivity index (χ1n) is 12.5. The summed E-state index contributed by atoms with van der Waals surface area (Å²) in [6.07, 6.45) is 0.453. The van der Waals surface area contributed by atoms with Gasteiger partial charge in [0.05, 0.1) is 39.5 Å². The highest BCUT2D eigenvalue weighted by Crippen LogP contribution is 2.13. The maximum Gasteiger partial charge on any atom is 0.239 e. The average molecular weight is 542 g/mol. The minimum Gasteiger partial charge on any atom is -0.377 e. The van der Waals surface area contributed by atoms with Crippen molar-refractivity contribution < 1.29 is 28.7 Å². The minimum atomic E-state index is -0.739. The molecule has 0 fully saturated rings. The number of hydrogen-bond donors (Lipinski definition) is 4. The molecule has 2 rings (SSSR count). The second-order valence-electron chi connectivity index (χ2n) is 8.35. The number of hydrogen-bond acceptors (Lipinski definition) is 8. The fraction of sp³-hybridized carbons (Fsp3) is 0.423. The lowest BCUT2D eigenvalue weighted by atomic mass is 10.1. The van der Waals surface area contributed by atoms with E-state index in [0.29, 0.717) is 32.1 Å². The molecule has 210 valence electrons. The largest absolute Gasteiger partial charge is 0.377 e. The molecule has 2 aromatic rings. The topological polar surface area (TPSA) is 190 Å². The molecule has 0 aliphatic carbocycles. The van der Waals surface area contributed by atoms with Gasteiger partial charge in [0.25, 0.3) is 0 Å². The molecule has 39 heavy (non-hydrogen) atoms. The number of azide groups is 1. The number of amides is 3. The molecule has 2 aromatic carbocycles. The van der Waals surface area contributed by atoms with Crippen LogP contribution in [0.5, 0.6) is 0 Å². The van der Waals surface area contributed by atoms with Crippen LogP contribution in [0, 0.1) is 0 Å². The van der Waals surface area contributed by atoms with Crippen LogP contribution in [0.3, 0.4) is 0 Å². The second kappa shape index (κ2) is 19.1. The van der Waals surface area contributed by atoms with Crippen molar-refractivity contribution in [2.45, 2.75) is 31.9 Å². The maximum atomic E-state index is 12.5. The normalized spacial score (nSPS) is 11.3. The molecule has 1 atom stereocenters. The highest BCUT2D eigenvalue weighted by molar-refractivity contribution is 5.82. The molecule has 0 aliphatic heterocycles. The molecule has 0 heterocycles.